The minimum Gasteiger partial charge on any atom is -0.305 e. The lowest BCUT2D eigenvalue weighted by atomic mass is 10.1. The summed E-state index contributed by atoms with van der Waals surface area (Å²) in [4.78, 5) is 14.4. The number of pyridine rings is 1. The van der Waals surface area contributed by atoms with E-state index in [0.29, 0.717) is 6.54 Å². The number of nitrogens with zero attached hydrogens (tertiary/aromatic N) is 2. The normalized spacial score (nSPS) is 12.1. The average molecular weight is 257 g/mol. The summed E-state index contributed by atoms with van der Waals surface area (Å²) < 4.78 is 0. The first-order valence-corrected chi connectivity index (χ1v) is 6.04. The van der Waals surface area contributed by atoms with Gasteiger partial charge in [-0.2, -0.15) is 0 Å². The van der Waals surface area contributed by atoms with Gasteiger partial charge in [0.2, 0.25) is 0 Å². The van der Waals surface area contributed by atoms with Crippen LogP contribution in [0.15, 0.2) is 48.7 Å². The summed E-state index contributed by atoms with van der Waals surface area (Å²) in [7, 11) is 0. The van der Waals surface area contributed by atoms with Crippen molar-refractivity contribution in [1.82, 2.24) is 10.3 Å². The van der Waals surface area contributed by atoms with E-state index in [2.05, 4.69) is 10.3 Å². The molecule has 1 heterocycles. The number of hydrogen-bond donors (Lipinski definition) is 1. The van der Waals surface area contributed by atoms with E-state index < -0.39 is 4.92 Å². The van der Waals surface area contributed by atoms with Crippen LogP contribution in [0, 0.1) is 10.1 Å². The molecule has 2 aromatic rings. The monoisotopic (exact) mass is 257 g/mol. The molecule has 2 rings (SSSR count). The highest BCUT2D eigenvalue weighted by molar-refractivity contribution is 5.32. The summed E-state index contributed by atoms with van der Waals surface area (Å²) in [5.74, 6) is 0. The third-order valence-corrected chi connectivity index (χ3v) is 2.89. The lowest BCUT2D eigenvalue weighted by Crippen LogP contribution is -2.18. The number of nitro benzene ring substituents is 1. The molecule has 5 nitrogen and oxygen atoms in total. The summed E-state index contributed by atoms with van der Waals surface area (Å²) >= 11 is 0. The van der Waals surface area contributed by atoms with Crippen LogP contribution >= 0.6 is 0 Å². The molecule has 0 fully saturated rings. The Balaban J connectivity index is 1.93. The molecule has 5 heteroatoms. The minimum atomic E-state index is -0.395. The van der Waals surface area contributed by atoms with Gasteiger partial charge < -0.3 is 5.32 Å². The van der Waals surface area contributed by atoms with Crippen molar-refractivity contribution < 1.29 is 4.92 Å². The van der Waals surface area contributed by atoms with Gasteiger partial charge in [-0.05, 0) is 24.6 Å². The maximum Gasteiger partial charge on any atom is 0.269 e. The van der Waals surface area contributed by atoms with Crippen LogP contribution in [0.5, 0.6) is 0 Å². The number of nitrogens with one attached hydrogen (secondary N) is 1. The molecule has 0 bridgehead atoms. The molecule has 1 aromatic heterocycles. The van der Waals surface area contributed by atoms with E-state index >= 15 is 0 Å². The smallest absolute Gasteiger partial charge is 0.269 e. The van der Waals surface area contributed by atoms with Crippen molar-refractivity contribution in [3.8, 4) is 0 Å². The van der Waals surface area contributed by atoms with Gasteiger partial charge in [0, 0.05) is 30.9 Å². The molecule has 0 amide bonds. The van der Waals surface area contributed by atoms with E-state index in [4.69, 9.17) is 0 Å². The Labute approximate surface area is 111 Å². The van der Waals surface area contributed by atoms with Gasteiger partial charge in [-0.1, -0.05) is 18.2 Å². The lowest BCUT2D eigenvalue weighted by molar-refractivity contribution is -0.384. The first kappa shape index (κ1) is 13.2. The molecule has 0 aliphatic carbocycles. The summed E-state index contributed by atoms with van der Waals surface area (Å²) in [6.07, 6.45) is 1.76. The number of non-ortho nitro benzene ring substituents is 1. The van der Waals surface area contributed by atoms with Crippen molar-refractivity contribution in [3.63, 3.8) is 0 Å². The zero-order valence-electron chi connectivity index (χ0n) is 10.6. The molecule has 1 aromatic carbocycles. The molecule has 0 saturated heterocycles. The molecule has 19 heavy (non-hydrogen) atoms. The van der Waals surface area contributed by atoms with Crippen LogP contribution < -0.4 is 5.32 Å². The highest BCUT2D eigenvalue weighted by atomic mass is 16.6. The highest BCUT2D eigenvalue weighted by Crippen LogP contribution is 2.13. The molecular formula is C14H15N3O2. The zero-order chi connectivity index (χ0) is 13.7. The Morgan fingerprint density at radius 2 is 2.00 bits per heavy atom. The van der Waals surface area contributed by atoms with Gasteiger partial charge in [0.25, 0.3) is 5.69 Å². The van der Waals surface area contributed by atoms with E-state index in [-0.39, 0.29) is 11.7 Å². The standard InChI is InChI=1S/C14H15N3O2/c1-11(14-4-2-3-9-15-14)16-10-12-5-7-13(8-6-12)17(18)19/h2-9,11,16H,10H2,1H3/t11-/m1/s1. The van der Waals surface area contributed by atoms with Crippen molar-refractivity contribution in [2.75, 3.05) is 0 Å². The molecule has 0 aliphatic rings. The van der Waals surface area contributed by atoms with Gasteiger partial charge >= 0.3 is 0 Å². The van der Waals surface area contributed by atoms with Gasteiger partial charge in [-0.25, -0.2) is 0 Å². The fourth-order valence-corrected chi connectivity index (χ4v) is 1.74. The van der Waals surface area contributed by atoms with E-state index in [1.165, 1.54) is 12.1 Å². The predicted molar refractivity (Wildman–Crippen MR) is 72.6 cm³/mol. The predicted octanol–water partition coefficient (Wildman–Crippen LogP) is 2.84. The summed E-state index contributed by atoms with van der Waals surface area (Å²) in [5, 5.41) is 13.9. The number of hydrogen-bond acceptors (Lipinski definition) is 4. The summed E-state index contributed by atoms with van der Waals surface area (Å²) in [6.45, 7) is 2.68. The lowest BCUT2D eigenvalue weighted by Gasteiger charge is -2.13. The highest BCUT2D eigenvalue weighted by Gasteiger charge is 2.07. The second-order valence-corrected chi connectivity index (χ2v) is 4.28. The van der Waals surface area contributed by atoms with Crippen molar-refractivity contribution >= 4 is 5.69 Å². The van der Waals surface area contributed by atoms with Crippen LogP contribution in [-0.2, 0) is 6.54 Å². The van der Waals surface area contributed by atoms with Gasteiger partial charge in [-0.3, -0.25) is 15.1 Å². The van der Waals surface area contributed by atoms with E-state index in [1.807, 2.05) is 25.1 Å². The summed E-state index contributed by atoms with van der Waals surface area (Å²) in [6, 6.07) is 12.5. The van der Waals surface area contributed by atoms with E-state index in [1.54, 1.807) is 18.3 Å². The third-order valence-electron chi connectivity index (χ3n) is 2.89. The van der Waals surface area contributed by atoms with Gasteiger partial charge in [0.1, 0.15) is 0 Å². The van der Waals surface area contributed by atoms with E-state index in [0.717, 1.165) is 11.3 Å². The van der Waals surface area contributed by atoms with Crippen LogP contribution in [-0.4, -0.2) is 9.91 Å². The quantitative estimate of drug-likeness (QED) is 0.660. The van der Waals surface area contributed by atoms with Crippen LogP contribution in [0.4, 0.5) is 5.69 Å². The number of rotatable bonds is 5. The fourth-order valence-electron chi connectivity index (χ4n) is 1.74. The molecule has 98 valence electrons. The number of benzene rings is 1. The van der Waals surface area contributed by atoms with Gasteiger partial charge in [0.05, 0.1) is 10.6 Å². The first-order valence-electron chi connectivity index (χ1n) is 6.04. The van der Waals surface area contributed by atoms with Crippen molar-refractivity contribution in [2.24, 2.45) is 0 Å². The topological polar surface area (TPSA) is 68.1 Å². The second kappa shape index (κ2) is 6.06. The molecule has 0 unspecified atom stereocenters. The molecule has 0 saturated carbocycles. The Morgan fingerprint density at radius 1 is 1.26 bits per heavy atom. The van der Waals surface area contributed by atoms with Crippen molar-refractivity contribution in [2.45, 2.75) is 19.5 Å². The number of nitro groups is 1. The maximum absolute atomic E-state index is 10.5. The van der Waals surface area contributed by atoms with Crippen molar-refractivity contribution in [1.29, 1.82) is 0 Å². The largest absolute Gasteiger partial charge is 0.305 e. The van der Waals surface area contributed by atoms with Crippen LogP contribution in [0.25, 0.3) is 0 Å². The molecule has 1 atom stereocenters. The Kier molecular flexibility index (Phi) is 4.20. The van der Waals surface area contributed by atoms with Crippen LogP contribution in [0.2, 0.25) is 0 Å². The minimum absolute atomic E-state index is 0.113. The third kappa shape index (κ3) is 3.59. The summed E-state index contributed by atoms with van der Waals surface area (Å²) in [5.41, 5.74) is 2.10. The molecular weight excluding hydrogens is 242 g/mol. The van der Waals surface area contributed by atoms with Gasteiger partial charge in [-0.15, -0.1) is 0 Å². The second-order valence-electron chi connectivity index (χ2n) is 4.28. The Morgan fingerprint density at radius 3 is 2.58 bits per heavy atom. The maximum atomic E-state index is 10.5. The average Bonchev–Trinajstić information content (AvgIpc) is 2.46. The molecule has 1 N–H and O–H groups in total. The van der Waals surface area contributed by atoms with Crippen molar-refractivity contribution in [3.05, 3.63) is 70.0 Å². The molecule has 0 spiro atoms. The Bertz CT molecular complexity index is 540. The van der Waals surface area contributed by atoms with E-state index in [9.17, 15) is 10.1 Å². The SMILES string of the molecule is C[C@@H](NCc1ccc([N+](=O)[O-])cc1)c1ccccn1. The van der Waals surface area contributed by atoms with Crippen LogP contribution in [0.1, 0.15) is 24.2 Å². The van der Waals surface area contributed by atoms with Crippen LogP contribution in [0.3, 0.4) is 0 Å². The fraction of sp³-hybridized carbons (Fsp3) is 0.214. The number of aromatic nitrogens is 1. The Hall–Kier alpha value is -2.27. The molecule has 0 aliphatic heterocycles. The molecule has 0 radical (unpaired) electrons. The first-order chi connectivity index (χ1) is 9.16. The van der Waals surface area contributed by atoms with Gasteiger partial charge in [0.15, 0.2) is 0 Å². The zero-order valence-corrected chi connectivity index (χ0v) is 10.6.